The largest absolute Gasteiger partial charge is 0.472 e. The molecule has 3 nitrogen and oxygen atoms in total. The Hall–Kier alpha value is -0.690. The minimum Gasteiger partial charge on any atom is -0.472 e. The lowest BCUT2D eigenvalue weighted by Crippen LogP contribution is -2.00. The van der Waals surface area contributed by atoms with Gasteiger partial charge in [0.1, 0.15) is 12.9 Å². The fourth-order valence-corrected chi connectivity index (χ4v) is 2.02. The monoisotopic (exact) mass is 390 g/mol. The summed E-state index contributed by atoms with van der Waals surface area (Å²) in [4.78, 5) is 7.98. The van der Waals surface area contributed by atoms with Crippen molar-refractivity contribution in [3.05, 3.63) is 50.4 Å². The molecule has 2 rings (SSSR count). The Morgan fingerprint density at radius 2 is 2.12 bits per heavy atom. The van der Waals surface area contributed by atoms with Crippen molar-refractivity contribution in [2.24, 2.45) is 0 Å². The first-order valence-electron chi connectivity index (χ1n) is 4.59. The van der Waals surface area contributed by atoms with Gasteiger partial charge in [0.2, 0.25) is 5.88 Å². The van der Waals surface area contributed by atoms with E-state index in [1.54, 1.807) is 6.20 Å². The molecule has 0 N–H and O–H groups in total. The average molecular weight is 391 g/mol. The molecule has 0 unspecified atom stereocenters. The third-order valence-electron chi connectivity index (χ3n) is 1.96. The fraction of sp³-hybridized carbons (Fsp3) is 0.0909. The lowest BCUT2D eigenvalue weighted by molar-refractivity contribution is 0.290. The van der Waals surface area contributed by atoms with Gasteiger partial charge in [0.25, 0.3) is 0 Å². The Bertz CT molecular complexity index is 447. The van der Waals surface area contributed by atoms with Crippen LogP contribution in [0.25, 0.3) is 0 Å². The molecule has 0 atom stereocenters. The van der Waals surface area contributed by atoms with Crippen LogP contribution in [0.15, 0.2) is 41.3 Å². The van der Waals surface area contributed by atoms with Gasteiger partial charge in [0, 0.05) is 16.2 Å². The maximum Gasteiger partial charge on any atom is 0.230 e. The van der Waals surface area contributed by atoms with Crippen molar-refractivity contribution >= 4 is 38.5 Å². The van der Waals surface area contributed by atoms with Crippen molar-refractivity contribution in [3.8, 4) is 5.88 Å². The number of nitrogens with zero attached hydrogens (tertiary/aromatic N) is 2. The molecule has 0 spiro atoms. The molecule has 16 heavy (non-hydrogen) atoms. The van der Waals surface area contributed by atoms with Gasteiger partial charge in [-0.3, -0.25) is 0 Å². The highest BCUT2D eigenvalue weighted by Crippen LogP contribution is 2.20. The van der Waals surface area contributed by atoms with Gasteiger partial charge in [-0.1, -0.05) is 34.1 Å². The van der Waals surface area contributed by atoms with Crippen LogP contribution in [0.4, 0.5) is 0 Å². The molecule has 1 aromatic carbocycles. The molecule has 82 valence electrons. The smallest absolute Gasteiger partial charge is 0.230 e. The molecule has 0 saturated heterocycles. The summed E-state index contributed by atoms with van der Waals surface area (Å²) in [6.07, 6.45) is 3.21. The van der Waals surface area contributed by atoms with Gasteiger partial charge in [-0.05, 0) is 28.7 Å². The number of rotatable bonds is 3. The quantitative estimate of drug-likeness (QED) is 0.753. The molecule has 0 bridgehead atoms. The van der Waals surface area contributed by atoms with Crippen molar-refractivity contribution < 1.29 is 4.74 Å². The number of benzene rings is 1. The second-order valence-electron chi connectivity index (χ2n) is 3.06. The van der Waals surface area contributed by atoms with Crippen LogP contribution in [0, 0.1) is 3.57 Å². The Labute approximate surface area is 116 Å². The van der Waals surface area contributed by atoms with E-state index in [1.807, 2.05) is 24.3 Å². The molecule has 2 aromatic rings. The minimum atomic E-state index is 0.494. The zero-order valence-electron chi connectivity index (χ0n) is 8.23. The highest BCUT2D eigenvalue weighted by molar-refractivity contribution is 14.1. The highest BCUT2D eigenvalue weighted by Gasteiger charge is 2.04. The van der Waals surface area contributed by atoms with Crippen molar-refractivity contribution in [2.45, 2.75) is 6.61 Å². The van der Waals surface area contributed by atoms with Crippen molar-refractivity contribution in [3.63, 3.8) is 0 Å². The van der Waals surface area contributed by atoms with E-state index in [0.29, 0.717) is 12.5 Å². The number of hydrogen-bond donors (Lipinski definition) is 0. The van der Waals surface area contributed by atoms with Gasteiger partial charge in [-0.2, -0.15) is 0 Å². The normalized spacial score (nSPS) is 10.1. The first-order valence-corrected chi connectivity index (χ1v) is 6.46. The SMILES string of the molecule is Brc1ccccc1COc1ncncc1I. The Morgan fingerprint density at radius 3 is 2.88 bits per heavy atom. The van der Waals surface area contributed by atoms with Gasteiger partial charge in [-0.15, -0.1) is 0 Å². The van der Waals surface area contributed by atoms with E-state index >= 15 is 0 Å². The first-order chi connectivity index (χ1) is 7.77. The van der Waals surface area contributed by atoms with Gasteiger partial charge in [0.15, 0.2) is 0 Å². The highest BCUT2D eigenvalue weighted by atomic mass is 127. The second kappa shape index (κ2) is 5.58. The molecule has 0 aliphatic carbocycles. The third kappa shape index (κ3) is 2.91. The number of hydrogen-bond acceptors (Lipinski definition) is 3. The lowest BCUT2D eigenvalue weighted by atomic mass is 10.2. The molecule has 0 amide bonds. The predicted octanol–water partition coefficient (Wildman–Crippen LogP) is 3.42. The summed E-state index contributed by atoms with van der Waals surface area (Å²) in [7, 11) is 0. The molecular formula is C11H8BrIN2O. The predicted molar refractivity (Wildman–Crippen MR) is 73.2 cm³/mol. The van der Waals surface area contributed by atoms with E-state index in [-0.39, 0.29) is 0 Å². The molecule has 1 aromatic heterocycles. The molecule has 1 heterocycles. The Balaban J connectivity index is 2.09. The summed E-state index contributed by atoms with van der Waals surface area (Å²) < 4.78 is 7.57. The van der Waals surface area contributed by atoms with Crippen LogP contribution in [0.5, 0.6) is 5.88 Å². The van der Waals surface area contributed by atoms with Crippen molar-refractivity contribution in [2.75, 3.05) is 0 Å². The molecule has 0 radical (unpaired) electrons. The number of halogens is 2. The molecule has 0 aliphatic heterocycles. The maximum atomic E-state index is 5.62. The average Bonchev–Trinajstić information content (AvgIpc) is 2.30. The number of ether oxygens (including phenoxy) is 1. The van der Waals surface area contributed by atoms with E-state index in [1.165, 1.54) is 6.33 Å². The summed E-state index contributed by atoms with van der Waals surface area (Å²) in [6.45, 7) is 0.494. The van der Waals surface area contributed by atoms with E-state index in [2.05, 4.69) is 48.5 Å². The summed E-state index contributed by atoms with van der Waals surface area (Å²) in [6, 6.07) is 7.96. The van der Waals surface area contributed by atoms with E-state index in [0.717, 1.165) is 13.6 Å². The van der Waals surface area contributed by atoms with E-state index < -0.39 is 0 Å². The van der Waals surface area contributed by atoms with Gasteiger partial charge in [0.05, 0.1) is 3.57 Å². The maximum absolute atomic E-state index is 5.62. The summed E-state index contributed by atoms with van der Waals surface area (Å²) in [5.74, 6) is 0.617. The minimum absolute atomic E-state index is 0.494. The van der Waals surface area contributed by atoms with Crippen LogP contribution in [-0.4, -0.2) is 9.97 Å². The second-order valence-corrected chi connectivity index (χ2v) is 5.07. The molecule has 0 fully saturated rings. The first kappa shape index (κ1) is 11.8. The van der Waals surface area contributed by atoms with Crippen LogP contribution in [0.1, 0.15) is 5.56 Å². The van der Waals surface area contributed by atoms with Crippen LogP contribution in [-0.2, 0) is 6.61 Å². The van der Waals surface area contributed by atoms with E-state index in [9.17, 15) is 0 Å². The van der Waals surface area contributed by atoms with Gasteiger partial charge >= 0.3 is 0 Å². The van der Waals surface area contributed by atoms with Gasteiger partial charge in [-0.25, -0.2) is 9.97 Å². The molecular weight excluding hydrogens is 383 g/mol. The Morgan fingerprint density at radius 1 is 1.31 bits per heavy atom. The molecule has 0 aliphatic rings. The van der Waals surface area contributed by atoms with Crippen LogP contribution < -0.4 is 4.74 Å². The zero-order chi connectivity index (χ0) is 11.4. The Kier molecular flexibility index (Phi) is 4.11. The lowest BCUT2D eigenvalue weighted by Gasteiger charge is -2.07. The van der Waals surface area contributed by atoms with Crippen molar-refractivity contribution in [1.29, 1.82) is 0 Å². The number of aromatic nitrogens is 2. The van der Waals surface area contributed by atoms with Crippen molar-refractivity contribution in [1.82, 2.24) is 9.97 Å². The topological polar surface area (TPSA) is 35.0 Å². The zero-order valence-corrected chi connectivity index (χ0v) is 12.0. The van der Waals surface area contributed by atoms with Crippen LogP contribution in [0.2, 0.25) is 0 Å². The third-order valence-corrected chi connectivity index (χ3v) is 3.47. The van der Waals surface area contributed by atoms with Crippen LogP contribution in [0.3, 0.4) is 0 Å². The summed E-state index contributed by atoms with van der Waals surface area (Å²) in [5, 5.41) is 0. The standard InChI is InChI=1S/C11H8BrIN2O/c12-9-4-2-1-3-8(9)6-16-11-10(13)5-14-7-15-11/h1-5,7H,6H2. The fourth-order valence-electron chi connectivity index (χ4n) is 1.17. The van der Waals surface area contributed by atoms with Crippen LogP contribution >= 0.6 is 38.5 Å². The van der Waals surface area contributed by atoms with E-state index in [4.69, 9.17) is 4.74 Å². The van der Waals surface area contributed by atoms with Gasteiger partial charge < -0.3 is 4.74 Å². The molecule has 0 saturated carbocycles. The molecule has 5 heteroatoms. The summed E-state index contributed by atoms with van der Waals surface area (Å²) in [5.41, 5.74) is 1.09. The summed E-state index contributed by atoms with van der Waals surface area (Å²) >= 11 is 5.62.